The number of anilines is 2. The van der Waals surface area contributed by atoms with Crippen LogP contribution < -0.4 is 10.6 Å². The van der Waals surface area contributed by atoms with E-state index < -0.39 is 0 Å². The summed E-state index contributed by atoms with van der Waals surface area (Å²) >= 11 is 3.12. The molecule has 2 amide bonds. The van der Waals surface area contributed by atoms with Gasteiger partial charge in [0.05, 0.1) is 11.4 Å². The summed E-state index contributed by atoms with van der Waals surface area (Å²) in [4.78, 5) is 26.4. The van der Waals surface area contributed by atoms with Gasteiger partial charge in [-0.15, -0.1) is 22.7 Å². The monoisotopic (exact) mass is 394 g/mol. The molecule has 1 aromatic carbocycles. The van der Waals surface area contributed by atoms with E-state index in [0.29, 0.717) is 11.4 Å². The molecule has 2 heterocycles. The van der Waals surface area contributed by atoms with Gasteiger partial charge in [0, 0.05) is 21.9 Å². The standard InChI is InChI=1S/C21H18N2O2S2/c1-15-6-9-18(22-20(24)10-7-16-4-2-12-26-16)19(14-15)23-21(25)11-8-17-5-3-13-27-17/h2-14H,1H3,(H,22,24)(H,23,25)/b10-7+,11-8-. The molecule has 3 aromatic rings. The second-order valence-corrected chi connectivity index (χ2v) is 7.68. The molecule has 2 N–H and O–H groups in total. The van der Waals surface area contributed by atoms with Crippen molar-refractivity contribution in [3.8, 4) is 0 Å². The van der Waals surface area contributed by atoms with Crippen LogP contribution in [-0.4, -0.2) is 11.8 Å². The minimum absolute atomic E-state index is 0.251. The first-order chi connectivity index (χ1) is 13.1. The average Bonchev–Trinajstić information content (AvgIpc) is 3.34. The Morgan fingerprint density at radius 3 is 1.89 bits per heavy atom. The third-order valence-electron chi connectivity index (χ3n) is 3.58. The molecule has 0 aliphatic rings. The third-order valence-corrected chi connectivity index (χ3v) is 5.25. The van der Waals surface area contributed by atoms with Crippen LogP contribution >= 0.6 is 22.7 Å². The van der Waals surface area contributed by atoms with Crippen molar-refractivity contribution in [3.63, 3.8) is 0 Å². The van der Waals surface area contributed by atoms with E-state index in [1.165, 1.54) is 12.2 Å². The van der Waals surface area contributed by atoms with Crippen LogP contribution in [0.15, 0.2) is 65.4 Å². The number of hydrogen-bond acceptors (Lipinski definition) is 4. The first-order valence-electron chi connectivity index (χ1n) is 8.26. The molecule has 0 fully saturated rings. The highest BCUT2D eigenvalue weighted by Crippen LogP contribution is 2.23. The Morgan fingerprint density at radius 1 is 0.815 bits per heavy atom. The van der Waals surface area contributed by atoms with Gasteiger partial charge in [0.15, 0.2) is 0 Å². The number of thiophene rings is 2. The van der Waals surface area contributed by atoms with Gasteiger partial charge in [-0.05, 0) is 59.7 Å². The van der Waals surface area contributed by atoms with Crippen molar-refractivity contribution >= 4 is 58.0 Å². The van der Waals surface area contributed by atoms with Crippen molar-refractivity contribution in [2.45, 2.75) is 6.92 Å². The summed E-state index contributed by atoms with van der Waals surface area (Å²) in [6.45, 7) is 1.93. The topological polar surface area (TPSA) is 58.2 Å². The highest BCUT2D eigenvalue weighted by Gasteiger charge is 2.08. The van der Waals surface area contributed by atoms with E-state index in [-0.39, 0.29) is 11.8 Å². The summed E-state index contributed by atoms with van der Waals surface area (Å²) in [6, 6.07) is 13.2. The SMILES string of the molecule is Cc1ccc(NC(=O)/C=C/c2cccs2)c(NC(=O)/C=C\c2cccs2)c1. The van der Waals surface area contributed by atoms with Crippen molar-refractivity contribution in [1.82, 2.24) is 0 Å². The molecular weight excluding hydrogens is 376 g/mol. The van der Waals surface area contributed by atoms with Gasteiger partial charge in [-0.1, -0.05) is 18.2 Å². The first kappa shape index (κ1) is 18.8. The number of rotatable bonds is 6. The molecule has 0 spiro atoms. The fourth-order valence-electron chi connectivity index (χ4n) is 2.31. The highest BCUT2D eigenvalue weighted by atomic mass is 32.1. The van der Waals surface area contributed by atoms with Crippen molar-refractivity contribution in [1.29, 1.82) is 0 Å². The lowest BCUT2D eigenvalue weighted by Crippen LogP contribution is -2.13. The number of benzene rings is 1. The predicted molar refractivity (Wildman–Crippen MR) is 115 cm³/mol. The lowest BCUT2D eigenvalue weighted by Gasteiger charge is -2.11. The maximum atomic E-state index is 12.2. The molecule has 0 saturated carbocycles. The molecule has 2 aromatic heterocycles. The molecule has 0 atom stereocenters. The zero-order valence-corrected chi connectivity index (χ0v) is 16.3. The Bertz CT molecular complexity index is 972. The second kappa shape index (κ2) is 9.12. The van der Waals surface area contributed by atoms with Gasteiger partial charge in [0.2, 0.25) is 11.8 Å². The van der Waals surface area contributed by atoms with E-state index in [2.05, 4.69) is 10.6 Å². The maximum absolute atomic E-state index is 12.2. The fourth-order valence-corrected chi connectivity index (χ4v) is 3.54. The van der Waals surface area contributed by atoms with Gasteiger partial charge in [-0.2, -0.15) is 0 Å². The molecule has 6 heteroatoms. The lowest BCUT2D eigenvalue weighted by molar-refractivity contribution is -0.112. The summed E-state index contributed by atoms with van der Waals surface area (Å²) in [6.07, 6.45) is 6.48. The van der Waals surface area contributed by atoms with Crippen LogP contribution in [0.3, 0.4) is 0 Å². The number of nitrogens with one attached hydrogen (secondary N) is 2. The van der Waals surface area contributed by atoms with Crippen LogP contribution in [0.4, 0.5) is 11.4 Å². The molecule has 136 valence electrons. The Labute approximate surface area is 165 Å². The minimum Gasteiger partial charge on any atom is -0.321 e. The van der Waals surface area contributed by atoms with E-state index in [1.54, 1.807) is 40.9 Å². The molecule has 0 radical (unpaired) electrons. The van der Waals surface area contributed by atoms with Gasteiger partial charge in [-0.25, -0.2) is 0 Å². The third kappa shape index (κ3) is 5.77. The summed E-state index contributed by atoms with van der Waals surface area (Å²) in [5.74, 6) is -0.504. The summed E-state index contributed by atoms with van der Waals surface area (Å²) in [5, 5.41) is 9.56. The van der Waals surface area contributed by atoms with Gasteiger partial charge in [0.25, 0.3) is 0 Å². The molecule has 4 nitrogen and oxygen atoms in total. The number of carbonyl (C=O) groups is 2. The van der Waals surface area contributed by atoms with Gasteiger partial charge in [-0.3, -0.25) is 9.59 Å². The summed E-state index contributed by atoms with van der Waals surface area (Å²) < 4.78 is 0. The molecule has 27 heavy (non-hydrogen) atoms. The smallest absolute Gasteiger partial charge is 0.248 e. The average molecular weight is 395 g/mol. The van der Waals surface area contributed by atoms with Crippen molar-refractivity contribution in [2.24, 2.45) is 0 Å². The first-order valence-corrected chi connectivity index (χ1v) is 10.0. The van der Waals surface area contributed by atoms with Crippen molar-refractivity contribution in [2.75, 3.05) is 10.6 Å². The largest absolute Gasteiger partial charge is 0.321 e. The van der Waals surface area contributed by atoms with Crippen LogP contribution in [0.2, 0.25) is 0 Å². The normalized spacial score (nSPS) is 11.1. The van der Waals surface area contributed by atoms with Crippen LogP contribution in [0.5, 0.6) is 0 Å². The number of hydrogen-bond donors (Lipinski definition) is 2. The second-order valence-electron chi connectivity index (χ2n) is 5.73. The fraction of sp³-hybridized carbons (Fsp3) is 0.0476. The van der Waals surface area contributed by atoms with E-state index >= 15 is 0 Å². The molecule has 0 aliphatic carbocycles. The number of amides is 2. The van der Waals surface area contributed by atoms with Gasteiger partial charge >= 0.3 is 0 Å². The Hall–Kier alpha value is -2.96. The van der Waals surface area contributed by atoms with Crippen molar-refractivity contribution < 1.29 is 9.59 Å². The Balaban J connectivity index is 1.69. The molecule has 0 saturated heterocycles. The molecule has 0 aliphatic heterocycles. The van der Waals surface area contributed by atoms with Crippen LogP contribution in [-0.2, 0) is 9.59 Å². The zero-order chi connectivity index (χ0) is 19.1. The van der Waals surface area contributed by atoms with E-state index in [9.17, 15) is 9.59 Å². The lowest BCUT2D eigenvalue weighted by atomic mass is 10.2. The highest BCUT2D eigenvalue weighted by molar-refractivity contribution is 7.11. The Morgan fingerprint density at radius 2 is 1.37 bits per heavy atom. The Kier molecular flexibility index (Phi) is 6.35. The molecule has 0 unspecified atom stereocenters. The van der Waals surface area contributed by atoms with E-state index in [1.807, 2.05) is 54.1 Å². The number of carbonyl (C=O) groups excluding carboxylic acids is 2. The summed E-state index contributed by atoms with van der Waals surface area (Å²) in [5.41, 5.74) is 2.10. The van der Waals surface area contributed by atoms with E-state index in [4.69, 9.17) is 0 Å². The molecule has 3 rings (SSSR count). The van der Waals surface area contributed by atoms with Crippen LogP contribution in [0, 0.1) is 6.92 Å². The van der Waals surface area contributed by atoms with Gasteiger partial charge in [0.1, 0.15) is 0 Å². The van der Waals surface area contributed by atoms with Crippen LogP contribution in [0.25, 0.3) is 12.2 Å². The minimum atomic E-state index is -0.253. The van der Waals surface area contributed by atoms with Gasteiger partial charge < -0.3 is 10.6 Å². The summed E-state index contributed by atoms with van der Waals surface area (Å²) in [7, 11) is 0. The maximum Gasteiger partial charge on any atom is 0.248 e. The van der Waals surface area contributed by atoms with Crippen LogP contribution in [0.1, 0.15) is 15.3 Å². The number of aryl methyl sites for hydroxylation is 1. The zero-order valence-electron chi connectivity index (χ0n) is 14.6. The molecule has 0 bridgehead atoms. The quantitative estimate of drug-likeness (QED) is 0.548. The van der Waals surface area contributed by atoms with Crippen molar-refractivity contribution in [3.05, 3.63) is 80.7 Å². The predicted octanol–water partition coefficient (Wildman–Crippen LogP) is 5.42. The molecular formula is C21H18N2O2S2. The van der Waals surface area contributed by atoms with E-state index in [0.717, 1.165) is 15.3 Å².